The topological polar surface area (TPSA) is 124 Å². The summed E-state index contributed by atoms with van der Waals surface area (Å²) >= 11 is 0. The maximum Gasteiger partial charge on any atom is 0.243 e. The molecule has 12 nitrogen and oxygen atoms in total. The number of ether oxygens (including phenoxy) is 1. The molecule has 39 heavy (non-hydrogen) atoms. The number of benzene rings is 1. The number of morpholine rings is 1. The zero-order chi connectivity index (χ0) is 26.8. The van der Waals surface area contributed by atoms with Crippen LogP contribution < -0.4 is 10.2 Å². The summed E-state index contributed by atoms with van der Waals surface area (Å²) in [7, 11) is 0. The van der Waals surface area contributed by atoms with E-state index in [1.807, 2.05) is 28.9 Å². The van der Waals surface area contributed by atoms with Crippen LogP contribution in [0.25, 0.3) is 27.8 Å². The molecule has 2 fully saturated rings. The number of aromatic amines is 1. The molecule has 2 amide bonds. The summed E-state index contributed by atoms with van der Waals surface area (Å²) in [5, 5.41) is 15.7. The minimum absolute atomic E-state index is 0.00636. The predicted octanol–water partition coefficient (Wildman–Crippen LogP) is 1.06. The lowest BCUT2D eigenvalue weighted by molar-refractivity contribution is -0.133. The molecule has 0 atom stereocenters. The number of nitrogens with one attached hydrogen (secondary N) is 2. The quantitative estimate of drug-likeness (QED) is 0.341. The third-order valence-corrected chi connectivity index (χ3v) is 7.27. The Hall–Kier alpha value is -4.29. The lowest BCUT2D eigenvalue weighted by atomic mass is 10.1. The number of nitrogens with zero attached hydrogens (tertiary/aromatic N) is 7. The summed E-state index contributed by atoms with van der Waals surface area (Å²) in [6.07, 6.45) is 5.05. The molecule has 3 aromatic heterocycles. The molecule has 2 N–H and O–H groups in total. The van der Waals surface area contributed by atoms with Gasteiger partial charge in [0.15, 0.2) is 11.6 Å². The number of rotatable bonds is 7. The van der Waals surface area contributed by atoms with Crippen molar-refractivity contribution in [2.45, 2.75) is 6.54 Å². The number of H-pyrrole nitrogens is 1. The summed E-state index contributed by atoms with van der Waals surface area (Å²) in [4.78, 5) is 35.2. The lowest BCUT2D eigenvalue weighted by Gasteiger charge is -2.34. The first-order chi connectivity index (χ1) is 19.1. The van der Waals surface area contributed by atoms with E-state index in [0.717, 1.165) is 66.1 Å². The van der Waals surface area contributed by atoms with Gasteiger partial charge in [0.05, 0.1) is 31.5 Å². The fraction of sp³-hybridized carbons (Fsp3) is 0.370. The Morgan fingerprint density at radius 3 is 2.74 bits per heavy atom. The number of piperazine rings is 1. The second kappa shape index (κ2) is 10.8. The number of hydrogen-bond acceptors (Lipinski definition) is 8. The molecule has 2 aliphatic heterocycles. The van der Waals surface area contributed by atoms with E-state index in [1.54, 1.807) is 4.90 Å². The number of fused-ring (bicyclic) bond motifs is 2. The molecule has 12 heteroatoms. The molecule has 0 aliphatic carbocycles. The highest BCUT2D eigenvalue weighted by Crippen LogP contribution is 2.29. The summed E-state index contributed by atoms with van der Waals surface area (Å²) in [5.41, 5.74) is 3.97. The van der Waals surface area contributed by atoms with E-state index >= 15 is 0 Å². The van der Waals surface area contributed by atoms with Crippen molar-refractivity contribution in [3.05, 3.63) is 54.9 Å². The van der Waals surface area contributed by atoms with E-state index in [2.05, 4.69) is 44.2 Å². The lowest BCUT2D eigenvalue weighted by Crippen LogP contribution is -2.50. The minimum Gasteiger partial charge on any atom is -0.378 e. The second-order valence-corrected chi connectivity index (χ2v) is 9.75. The number of anilines is 1. The number of carbonyl (C=O) groups is 2. The van der Waals surface area contributed by atoms with E-state index < -0.39 is 0 Å². The maximum atomic E-state index is 12.4. The summed E-state index contributed by atoms with van der Waals surface area (Å²) in [6.45, 7) is 9.76. The van der Waals surface area contributed by atoms with E-state index in [4.69, 9.17) is 14.8 Å². The van der Waals surface area contributed by atoms with Crippen LogP contribution in [0, 0.1) is 0 Å². The Labute approximate surface area is 225 Å². The third-order valence-electron chi connectivity index (χ3n) is 7.27. The molecule has 0 spiro atoms. The smallest absolute Gasteiger partial charge is 0.243 e. The van der Waals surface area contributed by atoms with E-state index in [1.165, 1.54) is 6.08 Å². The van der Waals surface area contributed by atoms with E-state index in [0.29, 0.717) is 32.1 Å². The van der Waals surface area contributed by atoms with Crippen LogP contribution in [0.3, 0.4) is 0 Å². The molecular weight excluding hydrogens is 498 g/mol. The average molecular weight is 530 g/mol. The molecule has 0 unspecified atom stereocenters. The molecule has 6 rings (SSSR count). The zero-order valence-corrected chi connectivity index (χ0v) is 21.7. The fourth-order valence-electron chi connectivity index (χ4n) is 5.17. The highest BCUT2D eigenvalue weighted by atomic mass is 16.5. The van der Waals surface area contributed by atoms with Crippen molar-refractivity contribution in [2.75, 3.05) is 63.9 Å². The van der Waals surface area contributed by atoms with Gasteiger partial charge in [0.1, 0.15) is 5.52 Å². The van der Waals surface area contributed by atoms with Gasteiger partial charge in [-0.2, -0.15) is 5.10 Å². The van der Waals surface area contributed by atoms with Crippen LogP contribution in [0.1, 0.15) is 5.56 Å². The monoisotopic (exact) mass is 529 g/mol. The Bertz CT molecular complexity index is 1510. The molecular formula is C27H31N9O3. The first-order valence-corrected chi connectivity index (χ1v) is 13.1. The van der Waals surface area contributed by atoms with Gasteiger partial charge in [-0.05, 0) is 23.8 Å². The third kappa shape index (κ3) is 5.20. The molecule has 0 saturated carbocycles. The molecule has 1 aromatic carbocycles. The summed E-state index contributed by atoms with van der Waals surface area (Å²) < 4.78 is 7.53. The van der Waals surface area contributed by atoms with Crippen molar-refractivity contribution in [1.82, 2.24) is 39.9 Å². The predicted molar refractivity (Wildman–Crippen MR) is 146 cm³/mol. The average Bonchev–Trinajstić information content (AvgIpc) is 3.62. The van der Waals surface area contributed by atoms with E-state index in [-0.39, 0.29) is 18.4 Å². The van der Waals surface area contributed by atoms with Crippen molar-refractivity contribution >= 4 is 34.1 Å². The van der Waals surface area contributed by atoms with Crippen molar-refractivity contribution in [1.29, 1.82) is 0 Å². The van der Waals surface area contributed by atoms with Crippen LogP contribution >= 0.6 is 0 Å². The standard InChI is InChI=1S/C27H31N9O3/c1-2-24(37)28-16-25(38)34-8-6-33(7-9-34)17-19-14-23-27(35-10-12-39-13-11-35)30-26(32-36(23)18-19)20-4-3-5-22-21(20)15-29-31-22/h2-5,14-15,18H,1,6-13,16-17H2,(H,28,37)(H,29,31). The highest BCUT2D eigenvalue weighted by Gasteiger charge is 2.23. The SMILES string of the molecule is C=CC(=O)NCC(=O)N1CCN(Cc2cc3c(N4CCOCC4)nc(-c4cccc5[nH]ncc45)nn3c2)CC1. The Kier molecular flexibility index (Phi) is 6.95. The van der Waals surface area contributed by atoms with Crippen molar-refractivity contribution < 1.29 is 14.3 Å². The van der Waals surface area contributed by atoms with Crippen molar-refractivity contribution in [2.24, 2.45) is 0 Å². The number of hydrogen-bond donors (Lipinski definition) is 2. The molecule has 0 radical (unpaired) electrons. The molecule has 5 heterocycles. The van der Waals surface area contributed by atoms with Crippen LogP contribution in [0.15, 0.2) is 49.3 Å². The molecule has 4 aromatic rings. The van der Waals surface area contributed by atoms with Gasteiger partial charge < -0.3 is 19.9 Å². The van der Waals surface area contributed by atoms with Crippen molar-refractivity contribution in [3.8, 4) is 11.4 Å². The number of amides is 2. The summed E-state index contributed by atoms with van der Waals surface area (Å²) in [6, 6.07) is 8.16. The van der Waals surface area contributed by atoms with Crippen LogP contribution in [0.4, 0.5) is 5.82 Å². The van der Waals surface area contributed by atoms with Crippen LogP contribution in [0.5, 0.6) is 0 Å². The number of aromatic nitrogens is 5. The first-order valence-electron chi connectivity index (χ1n) is 13.1. The minimum atomic E-state index is -0.341. The normalized spacial score (nSPS) is 16.6. The molecule has 2 aliphatic rings. The second-order valence-electron chi connectivity index (χ2n) is 9.75. The fourth-order valence-corrected chi connectivity index (χ4v) is 5.17. The first kappa shape index (κ1) is 25.0. The highest BCUT2D eigenvalue weighted by molar-refractivity contribution is 5.93. The largest absolute Gasteiger partial charge is 0.378 e. The van der Waals surface area contributed by atoms with Gasteiger partial charge in [-0.1, -0.05) is 18.7 Å². The maximum absolute atomic E-state index is 12.4. The molecule has 0 bridgehead atoms. The zero-order valence-electron chi connectivity index (χ0n) is 21.7. The van der Waals surface area contributed by atoms with Crippen LogP contribution in [0.2, 0.25) is 0 Å². The van der Waals surface area contributed by atoms with Gasteiger partial charge in [0.25, 0.3) is 0 Å². The number of carbonyl (C=O) groups excluding carboxylic acids is 2. The molecule has 202 valence electrons. The summed E-state index contributed by atoms with van der Waals surface area (Å²) in [5.74, 6) is 1.12. The van der Waals surface area contributed by atoms with Crippen LogP contribution in [-0.2, 0) is 20.9 Å². The van der Waals surface area contributed by atoms with Crippen molar-refractivity contribution in [3.63, 3.8) is 0 Å². The van der Waals surface area contributed by atoms with Gasteiger partial charge >= 0.3 is 0 Å². The van der Waals surface area contributed by atoms with Gasteiger partial charge in [-0.3, -0.25) is 19.6 Å². The Balaban J connectivity index is 1.23. The molecule has 2 saturated heterocycles. The van der Waals surface area contributed by atoms with Gasteiger partial charge in [-0.25, -0.2) is 9.50 Å². The Morgan fingerprint density at radius 1 is 1.13 bits per heavy atom. The van der Waals surface area contributed by atoms with Gasteiger partial charge in [0, 0.05) is 63.0 Å². The van der Waals surface area contributed by atoms with Gasteiger partial charge in [0.2, 0.25) is 11.8 Å². The van der Waals surface area contributed by atoms with E-state index in [9.17, 15) is 9.59 Å². The van der Waals surface area contributed by atoms with Crippen LogP contribution in [-0.4, -0.2) is 105 Å². The Morgan fingerprint density at radius 2 is 1.95 bits per heavy atom. The van der Waals surface area contributed by atoms with Gasteiger partial charge in [-0.15, -0.1) is 5.10 Å².